The van der Waals surface area contributed by atoms with E-state index in [-0.39, 0.29) is 30.4 Å². The monoisotopic (exact) mass is 502 g/mol. The number of aliphatic hydroxyl groups is 1. The second kappa shape index (κ2) is 8.63. The summed E-state index contributed by atoms with van der Waals surface area (Å²) in [4.78, 5) is 21.4. The number of hydrogen-bond donors (Lipinski definition) is 1. The minimum Gasteiger partial charge on any atom is -0.489 e. The number of ether oxygens (including phenoxy) is 2. The van der Waals surface area contributed by atoms with E-state index in [1.807, 2.05) is 50.1 Å². The smallest absolute Gasteiger partial charge is 0.410 e. The zero-order chi connectivity index (χ0) is 25.9. The summed E-state index contributed by atoms with van der Waals surface area (Å²) < 4.78 is 13.3. The lowest BCUT2D eigenvalue weighted by atomic mass is 9.88. The summed E-state index contributed by atoms with van der Waals surface area (Å²) in [5.74, 6) is 1.48. The molecule has 2 unspecified atom stereocenters. The predicted octanol–water partition coefficient (Wildman–Crippen LogP) is 3.37. The quantitative estimate of drug-likeness (QED) is 0.577. The number of aromatic nitrogens is 3. The summed E-state index contributed by atoms with van der Waals surface area (Å²) in [5, 5.41) is 23.6. The fraction of sp³-hybridized carbons (Fsp3) is 0.481. The Kier molecular flexibility index (Phi) is 5.49. The molecule has 1 aliphatic carbocycles. The van der Waals surface area contributed by atoms with Gasteiger partial charge in [0.05, 0.1) is 41.7 Å². The fourth-order valence-corrected chi connectivity index (χ4v) is 5.43. The summed E-state index contributed by atoms with van der Waals surface area (Å²) in [7, 11) is 0. The van der Waals surface area contributed by atoms with E-state index in [9.17, 15) is 15.2 Å². The lowest BCUT2D eigenvalue weighted by Crippen LogP contribution is -2.70. The standard InChI is InChI=1S/C27H30N6O4/c1-27(2,3)37-26(35)33-18-6-19(33)14-31(13-18)24-5-4-16(11-29-24)23-9-22(36-21-7-20(34)8-21)15-32-25(23)17(10-28)12-30-32/h4-5,9,11-12,15,18-21,34H,6-8,13-14H2,1-3H3/t18?,19?,20-,21-. The van der Waals surface area contributed by atoms with Crippen molar-refractivity contribution in [2.45, 2.75) is 69.9 Å². The maximum atomic E-state index is 12.6. The molecule has 2 bridgehead atoms. The largest absolute Gasteiger partial charge is 0.489 e. The van der Waals surface area contributed by atoms with Gasteiger partial charge in [-0.2, -0.15) is 10.4 Å². The third-order valence-electron chi connectivity index (χ3n) is 7.26. The molecule has 7 rings (SSSR count). The first-order valence-corrected chi connectivity index (χ1v) is 12.7. The lowest BCUT2D eigenvalue weighted by Gasteiger charge is -2.56. The van der Waals surface area contributed by atoms with Crippen LogP contribution in [-0.4, -0.2) is 73.7 Å². The first kappa shape index (κ1) is 23.6. The Labute approximate surface area is 215 Å². The van der Waals surface area contributed by atoms with Crippen molar-refractivity contribution in [3.63, 3.8) is 0 Å². The average Bonchev–Trinajstić information content (AvgIpc) is 3.24. The number of fused-ring (bicyclic) bond motifs is 3. The molecule has 0 aromatic carbocycles. The van der Waals surface area contributed by atoms with Crippen LogP contribution in [0.5, 0.6) is 5.75 Å². The van der Waals surface area contributed by atoms with Crippen molar-refractivity contribution < 1.29 is 19.4 Å². The van der Waals surface area contributed by atoms with Crippen LogP contribution in [0.1, 0.15) is 45.6 Å². The number of carbonyl (C=O) groups excluding carboxylic acids is 1. The molecule has 3 saturated heterocycles. The van der Waals surface area contributed by atoms with Crippen LogP contribution in [0.15, 0.2) is 36.8 Å². The summed E-state index contributed by atoms with van der Waals surface area (Å²) in [6.07, 6.45) is 6.74. The van der Waals surface area contributed by atoms with Crippen molar-refractivity contribution >= 4 is 17.4 Å². The molecule has 1 N–H and O–H groups in total. The first-order chi connectivity index (χ1) is 17.7. The maximum absolute atomic E-state index is 12.6. The summed E-state index contributed by atoms with van der Waals surface area (Å²) >= 11 is 0. The van der Waals surface area contributed by atoms with Gasteiger partial charge in [-0.05, 0) is 45.4 Å². The molecular formula is C27H30N6O4. The van der Waals surface area contributed by atoms with E-state index < -0.39 is 5.60 Å². The zero-order valence-corrected chi connectivity index (χ0v) is 21.2. The number of amides is 1. The average molecular weight is 503 g/mol. The first-order valence-electron chi connectivity index (χ1n) is 12.7. The molecular weight excluding hydrogens is 472 g/mol. The number of piperazine rings is 1. The van der Waals surface area contributed by atoms with E-state index in [0.29, 0.717) is 42.8 Å². The van der Waals surface area contributed by atoms with Gasteiger partial charge in [-0.25, -0.2) is 14.3 Å². The molecule has 192 valence electrons. The van der Waals surface area contributed by atoms with Crippen molar-refractivity contribution in [1.82, 2.24) is 19.5 Å². The highest BCUT2D eigenvalue weighted by Gasteiger charge is 2.49. The molecule has 10 heteroatoms. The van der Waals surface area contributed by atoms with E-state index in [1.54, 1.807) is 16.9 Å². The molecule has 4 aliphatic rings. The normalized spacial score (nSPS) is 24.7. The third kappa shape index (κ3) is 4.33. The van der Waals surface area contributed by atoms with Crippen LogP contribution in [0.2, 0.25) is 0 Å². The topological polar surface area (TPSA) is 116 Å². The van der Waals surface area contributed by atoms with Crippen LogP contribution in [0.25, 0.3) is 16.6 Å². The minimum atomic E-state index is -0.508. The highest BCUT2D eigenvalue weighted by atomic mass is 16.6. The van der Waals surface area contributed by atoms with Crippen LogP contribution in [0, 0.1) is 11.3 Å². The van der Waals surface area contributed by atoms with E-state index in [0.717, 1.165) is 23.4 Å². The van der Waals surface area contributed by atoms with Gasteiger partial charge in [0.25, 0.3) is 0 Å². The molecule has 0 spiro atoms. The molecule has 3 aliphatic heterocycles. The summed E-state index contributed by atoms with van der Waals surface area (Å²) in [6.45, 7) is 7.08. The van der Waals surface area contributed by atoms with E-state index >= 15 is 0 Å². The van der Waals surface area contributed by atoms with Gasteiger partial charge in [-0.3, -0.25) is 4.90 Å². The molecule has 37 heavy (non-hydrogen) atoms. The van der Waals surface area contributed by atoms with Gasteiger partial charge in [-0.15, -0.1) is 0 Å². The van der Waals surface area contributed by atoms with Gasteiger partial charge >= 0.3 is 6.09 Å². The Bertz CT molecular complexity index is 1370. The molecule has 6 heterocycles. The van der Waals surface area contributed by atoms with Crippen molar-refractivity contribution in [2.24, 2.45) is 0 Å². The van der Waals surface area contributed by atoms with Crippen molar-refractivity contribution in [3.8, 4) is 22.9 Å². The number of piperidine rings is 1. The molecule has 3 aromatic heterocycles. The number of carbonyl (C=O) groups is 1. The van der Waals surface area contributed by atoms with Crippen LogP contribution >= 0.6 is 0 Å². The third-order valence-corrected chi connectivity index (χ3v) is 7.26. The van der Waals surface area contributed by atoms with Gasteiger partial charge in [-0.1, -0.05) is 0 Å². The molecule has 1 amide bonds. The number of aliphatic hydroxyl groups excluding tert-OH is 1. The van der Waals surface area contributed by atoms with Crippen molar-refractivity contribution in [2.75, 3.05) is 18.0 Å². The maximum Gasteiger partial charge on any atom is 0.410 e. The fourth-order valence-electron chi connectivity index (χ4n) is 5.43. The van der Waals surface area contributed by atoms with Crippen molar-refractivity contribution in [3.05, 3.63) is 42.4 Å². The van der Waals surface area contributed by atoms with E-state index in [4.69, 9.17) is 14.5 Å². The van der Waals surface area contributed by atoms with Crippen LogP contribution < -0.4 is 9.64 Å². The SMILES string of the molecule is CC(C)(C)OC(=O)N1C2CC1CN(c1ccc(-c3cc(O[C@H]4C[C@H](O)C4)cn4ncc(C#N)c34)cn1)C2. The van der Waals surface area contributed by atoms with Gasteiger partial charge < -0.3 is 19.5 Å². The Morgan fingerprint density at radius 1 is 1.16 bits per heavy atom. The van der Waals surface area contributed by atoms with Crippen LogP contribution in [0.3, 0.4) is 0 Å². The van der Waals surface area contributed by atoms with Crippen LogP contribution in [-0.2, 0) is 4.74 Å². The minimum absolute atomic E-state index is 0.0300. The van der Waals surface area contributed by atoms with E-state index in [2.05, 4.69) is 16.1 Å². The van der Waals surface area contributed by atoms with E-state index in [1.165, 1.54) is 0 Å². The number of anilines is 1. The van der Waals surface area contributed by atoms with Gasteiger partial charge in [0.15, 0.2) is 0 Å². The lowest BCUT2D eigenvalue weighted by molar-refractivity contribution is -0.0380. The van der Waals surface area contributed by atoms with Gasteiger partial charge in [0.2, 0.25) is 0 Å². The highest BCUT2D eigenvalue weighted by molar-refractivity contribution is 5.85. The number of pyridine rings is 2. The molecule has 1 saturated carbocycles. The summed E-state index contributed by atoms with van der Waals surface area (Å²) in [6, 6.07) is 8.35. The molecule has 10 nitrogen and oxygen atoms in total. The Balaban J connectivity index is 1.22. The van der Waals surface area contributed by atoms with Crippen LogP contribution in [0.4, 0.5) is 10.6 Å². The van der Waals surface area contributed by atoms with Gasteiger partial charge in [0.1, 0.15) is 29.3 Å². The highest BCUT2D eigenvalue weighted by Crippen LogP contribution is 2.37. The Morgan fingerprint density at radius 2 is 1.92 bits per heavy atom. The zero-order valence-electron chi connectivity index (χ0n) is 21.2. The Hall–Kier alpha value is -3.84. The number of rotatable bonds is 4. The molecule has 0 radical (unpaired) electrons. The number of hydrogen-bond acceptors (Lipinski definition) is 8. The van der Waals surface area contributed by atoms with Gasteiger partial charge in [0, 0.05) is 43.3 Å². The second-order valence-corrected chi connectivity index (χ2v) is 11.2. The number of nitrogens with zero attached hydrogens (tertiary/aromatic N) is 6. The Morgan fingerprint density at radius 3 is 2.54 bits per heavy atom. The molecule has 4 fully saturated rings. The molecule has 2 atom stereocenters. The van der Waals surface area contributed by atoms with Crippen molar-refractivity contribution in [1.29, 1.82) is 5.26 Å². The number of nitriles is 1. The summed E-state index contributed by atoms with van der Waals surface area (Å²) in [5.41, 5.74) is 2.32. The molecule has 3 aromatic rings. The predicted molar refractivity (Wildman–Crippen MR) is 135 cm³/mol. The second-order valence-electron chi connectivity index (χ2n) is 11.2.